The SMILES string of the molecule is CCCCCCCCCCCCN1C(=O)/C(=C\c2c(NC3CCC(C)CC3)nc3ccccn3c2=O)SC1=S. The molecule has 2 aliphatic rings. The van der Waals surface area contributed by atoms with Crippen LogP contribution in [-0.4, -0.2) is 37.1 Å². The molecule has 39 heavy (non-hydrogen) atoms. The van der Waals surface area contributed by atoms with E-state index in [0.29, 0.717) is 32.8 Å². The summed E-state index contributed by atoms with van der Waals surface area (Å²) in [7, 11) is 0. The fourth-order valence-corrected chi connectivity index (χ4v) is 6.81. The van der Waals surface area contributed by atoms with Gasteiger partial charge in [0.1, 0.15) is 15.8 Å². The van der Waals surface area contributed by atoms with Gasteiger partial charge in [-0.1, -0.05) is 102 Å². The number of anilines is 1. The maximum atomic E-state index is 13.5. The van der Waals surface area contributed by atoms with Crippen molar-refractivity contribution in [2.75, 3.05) is 11.9 Å². The third-order valence-electron chi connectivity index (χ3n) is 8.01. The number of amides is 1. The molecule has 212 valence electrons. The van der Waals surface area contributed by atoms with E-state index < -0.39 is 0 Å². The lowest BCUT2D eigenvalue weighted by molar-refractivity contribution is -0.122. The molecule has 0 unspecified atom stereocenters. The summed E-state index contributed by atoms with van der Waals surface area (Å²) in [6.07, 6.45) is 20.4. The molecule has 2 fully saturated rings. The summed E-state index contributed by atoms with van der Waals surface area (Å²) < 4.78 is 2.12. The average Bonchev–Trinajstić information content (AvgIpc) is 3.20. The first-order valence-electron chi connectivity index (χ1n) is 15.0. The summed E-state index contributed by atoms with van der Waals surface area (Å²) in [4.78, 5) is 33.9. The Morgan fingerprint density at radius 2 is 1.67 bits per heavy atom. The number of nitrogens with one attached hydrogen (secondary N) is 1. The van der Waals surface area contributed by atoms with E-state index in [9.17, 15) is 9.59 Å². The fourth-order valence-electron chi connectivity index (χ4n) is 5.52. The molecule has 1 aliphatic heterocycles. The van der Waals surface area contributed by atoms with Crippen LogP contribution in [0.4, 0.5) is 5.82 Å². The van der Waals surface area contributed by atoms with Gasteiger partial charge in [-0.3, -0.25) is 18.9 Å². The Labute approximate surface area is 243 Å². The van der Waals surface area contributed by atoms with Gasteiger partial charge in [0.25, 0.3) is 11.5 Å². The molecule has 4 rings (SSSR count). The number of carbonyl (C=O) groups excluding carboxylic acids is 1. The van der Waals surface area contributed by atoms with Crippen LogP contribution in [0.1, 0.15) is 109 Å². The molecule has 8 heteroatoms. The Bertz CT molecular complexity index is 1220. The van der Waals surface area contributed by atoms with E-state index in [1.807, 2.05) is 18.2 Å². The van der Waals surface area contributed by atoms with Crippen LogP contribution in [0.15, 0.2) is 34.1 Å². The number of fused-ring (bicyclic) bond motifs is 1. The molecule has 0 atom stereocenters. The lowest BCUT2D eigenvalue weighted by atomic mass is 9.87. The van der Waals surface area contributed by atoms with Crippen LogP contribution in [0, 0.1) is 5.92 Å². The second-order valence-corrected chi connectivity index (χ2v) is 12.9. The van der Waals surface area contributed by atoms with Gasteiger partial charge < -0.3 is 5.32 Å². The third kappa shape index (κ3) is 8.16. The van der Waals surface area contributed by atoms with E-state index in [2.05, 4.69) is 19.2 Å². The Kier molecular flexibility index (Phi) is 11.4. The Morgan fingerprint density at radius 1 is 1.00 bits per heavy atom. The van der Waals surface area contributed by atoms with E-state index >= 15 is 0 Å². The average molecular weight is 569 g/mol. The molecular weight excluding hydrogens is 525 g/mol. The number of thiocarbonyl (C=S) groups is 1. The van der Waals surface area contributed by atoms with Crippen LogP contribution in [0.3, 0.4) is 0 Å². The van der Waals surface area contributed by atoms with Gasteiger partial charge in [-0.15, -0.1) is 0 Å². The number of hydrogen-bond donors (Lipinski definition) is 1. The normalized spacial score (nSPS) is 20.9. The molecule has 6 nitrogen and oxygen atoms in total. The number of nitrogens with zero attached hydrogens (tertiary/aromatic N) is 3. The van der Waals surface area contributed by atoms with E-state index in [1.54, 1.807) is 21.6 Å². The van der Waals surface area contributed by atoms with Gasteiger partial charge in [0.15, 0.2) is 0 Å². The van der Waals surface area contributed by atoms with Crippen LogP contribution in [0.2, 0.25) is 0 Å². The predicted molar refractivity (Wildman–Crippen MR) is 168 cm³/mol. The van der Waals surface area contributed by atoms with Crippen molar-refractivity contribution in [1.29, 1.82) is 0 Å². The fraction of sp³-hybridized carbons (Fsp3) is 0.613. The topological polar surface area (TPSA) is 66.7 Å². The molecule has 2 aromatic heterocycles. The molecule has 1 saturated carbocycles. The lowest BCUT2D eigenvalue weighted by Crippen LogP contribution is -2.29. The van der Waals surface area contributed by atoms with Crippen LogP contribution >= 0.6 is 24.0 Å². The summed E-state index contributed by atoms with van der Waals surface area (Å²) in [5.74, 6) is 1.19. The molecule has 3 heterocycles. The van der Waals surface area contributed by atoms with Crippen molar-refractivity contribution in [3.05, 3.63) is 45.2 Å². The molecule has 1 amide bonds. The number of thioether (sulfide) groups is 1. The van der Waals surface area contributed by atoms with Crippen LogP contribution < -0.4 is 10.9 Å². The summed E-state index contributed by atoms with van der Waals surface area (Å²) in [6.45, 7) is 5.18. The standard InChI is InChI=1S/C31H44N4O2S2/c1-3-4-5-6-7-8-9-10-11-13-21-35-30(37)26(39-31(35)38)22-25-28(32-24-18-16-23(2)17-19-24)33-27-15-12-14-20-34(27)29(25)36/h12,14-15,20,22-24,32H,3-11,13,16-19,21H2,1-2H3/b26-22+. The monoisotopic (exact) mass is 568 g/mol. The van der Waals surface area contributed by atoms with Gasteiger partial charge in [-0.2, -0.15) is 0 Å². The molecule has 0 bridgehead atoms. The maximum Gasteiger partial charge on any atom is 0.267 e. The van der Waals surface area contributed by atoms with Crippen molar-refractivity contribution in [3.8, 4) is 0 Å². The second-order valence-electron chi connectivity index (χ2n) is 11.2. The number of carbonyl (C=O) groups is 1. The quantitative estimate of drug-likeness (QED) is 0.142. The molecule has 2 aromatic rings. The first-order valence-corrected chi connectivity index (χ1v) is 16.2. The molecular formula is C31H44N4O2S2. The van der Waals surface area contributed by atoms with Crippen molar-refractivity contribution >= 4 is 51.7 Å². The predicted octanol–water partition coefficient (Wildman–Crippen LogP) is 7.81. The van der Waals surface area contributed by atoms with Crippen LogP contribution in [0.5, 0.6) is 0 Å². The number of aromatic nitrogens is 2. The second kappa shape index (κ2) is 15.0. The largest absolute Gasteiger partial charge is 0.367 e. The number of rotatable bonds is 14. The van der Waals surface area contributed by atoms with Gasteiger partial charge in [-0.05, 0) is 56.2 Å². The summed E-state index contributed by atoms with van der Waals surface area (Å²) in [6, 6.07) is 5.82. The lowest BCUT2D eigenvalue weighted by Gasteiger charge is -2.27. The van der Waals surface area contributed by atoms with Gasteiger partial charge in [0, 0.05) is 18.8 Å². The minimum absolute atomic E-state index is 0.101. The van der Waals surface area contributed by atoms with Crippen molar-refractivity contribution in [1.82, 2.24) is 14.3 Å². The summed E-state index contributed by atoms with van der Waals surface area (Å²) >= 11 is 6.87. The van der Waals surface area contributed by atoms with Crippen molar-refractivity contribution in [2.24, 2.45) is 5.92 Å². The summed E-state index contributed by atoms with van der Waals surface area (Å²) in [5, 5.41) is 3.55. The maximum absolute atomic E-state index is 13.5. The highest BCUT2D eigenvalue weighted by molar-refractivity contribution is 8.26. The molecule has 1 saturated heterocycles. The van der Waals surface area contributed by atoms with E-state index in [4.69, 9.17) is 17.2 Å². The highest BCUT2D eigenvalue weighted by Crippen LogP contribution is 2.34. The van der Waals surface area contributed by atoms with E-state index in [0.717, 1.165) is 44.4 Å². The zero-order valence-corrected chi connectivity index (χ0v) is 25.3. The minimum Gasteiger partial charge on any atom is -0.367 e. The van der Waals surface area contributed by atoms with Crippen molar-refractivity contribution in [2.45, 2.75) is 110 Å². The van der Waals surface area contributed by atoms with Gasteiger partial charge in [0.05, 0.1) is 10.5 Å². The van der Waals surface area contributed by atoms with Crippen LogP contribution in [0.25, 0.3) is 11.7 Å². The molecule has 1 N–H and O–H groups in total. The van der Waals surface area contributed by atoms with Crippen LogP contribution in [-0.2, 0) is 4.79 Å². The van der Waals surface area contributed by atoms with Crippen molar-refractivity contribution < 1.29 is 4.79 Å². The van der Waals surface area contributed by atoms with E-state index in [1.165, 1.54) is 63.1 Å². The highest BCUT2D eigenvalue weighted by Gasteiger charge is 2.32. The first-order chi connectivity index (χ1) is 19.0. The Morgan fingerprint density at radius 3 is 2.36 bits per heavy atom. The van der Waals surface area contributed by atoms with Crippen molar-refractivity contribution in [3.63, 3.8) is 0 Å². The Hall–Kier alpha value is -2.19. The zero-order valence-electron chi connectivity index (χ0n) is 23.6. The first kappa shape index (κ1) is 29.8. The number of pyridine rings is 1. The number of unbranched alkanes of at least 4 members (excludes halogenated alkanes) is 9. The minimum atomic E-state index is -0.174. The van der Waals surface area contributed by atoms with Gasteiger partial charge in [-0.25, -0.2) is 4.98 Å². The highest BCUT2D eigenvalue weighted by atomic mass is 32.2. The number of hydrogen-bond acceptors (Lipinski definition) is 6. The summed E-state index contributed by atoms with van der Waals surface area (Å²) in [5.41, 5.74) is 0.851. The molecule has 0 spiro atoms. The molecule has 0 radical (unpaired) electrons. The molecule has 0 aromatic carbocycles. The Balaban J connectivity index is 1.40. The smallest absolute Gasteiger partial charge is 0.267 e. The van der Waals surface area contributed by atoms with Gasteiger partial charge in [0.2, 0.25) is 0 Å². The van der Waals surface area contributed by atoms with Gasteiger partial charge >= 0.3 is 0 Å². The third-order valence-corrected chi connectivity index (χ3v) is 9.39. The molecule has 1 aliphatic carbocycles. The van der Waals surface area contributed by atoms with E-state index in [-0.39, 0.29) is 17.5 Å². The zero-order chi connectivity index (χ0) is 27.6.